The maximum atomic E-state index is 12.1. The number of urea groups is 1. The fraction of sp³-hybridized carbons (Fsp3) is 0.120. The number of hydrogen-bond acceptors (Lipinski definition) is 6. The van der Waals surface area contributed by atoms with Gasteiger partial charge in [-0.3, -0.25) is 4.90 Å². The third-order valence-electron chi connectivity index (χ3n) is 5.82. The smallest absolute Gasteiger partial charge is 0.321 e. The van der Waals surface area contributed by atoms with E-state index in [4.69, 9.17) is 4.74 Å². The van der Waals surface area contributed by atoms with Gasteiger partial charge >= 0.3 is 6.03 Å². The SMILES string of the molecule is Cc1cc(Nc2ncnc3ccc(N4CCNC4=O)cc23)ccc1Oc1ccn2ccnc2c1. The molecule has 1 aliphatic heterocycles. The molecule has 0 aliphatic carbocycles. The van der Waals surface area contributed by atoms with Gasteiger partial charge in [-0.05, 0) is 55.0 Å². The minimum Gasteiger partial charge on any atom is -0.457 e. The summed E-state index contributed by atoms with van der Waals surface area (Å²) in [6.07, 6.45) is 7.10. The molecule has 168 valence electrons. The van der Waals surface area contributed by atoms with Gasteiger partial charge in [-0.25, -0.2) is 19.7 Å². The summed E-state index contributed by atoms with van der Waals surface area (Å²) in [5, 5.41) is 7.06. The van der Waals surface area contributed by atoms with Crippen molar-refractivity contribution in [2.45, 2.75) is 6.92 Å². The molecule has 0 atom stereocenters. The molecule has 0 saturated carbocycles. The van der Waals surface area contributed by atoms with E-state index in [1.807, 2.05) is 72.2 Å². The molecule has 0 radical (unpaired) electrons. The minimum absolute atomic E-state index is 0.0937. The molecule has 2 N–H and O–H groups in total. The van der Waals surface area contributed by atoms with E-state index < -0.39 is 0 Å². The molecule has 9 nitrogen and oxygen atoms in total. The van der Waals surface area contributed by atoms with Crippen LogP contribution in [0.4, 0.5) is 22.0 Å². The Balaban J connectivity index is 1.27. The Kier molecular flexibility index (Phi) is 4.72. The van der Waals surface area contributed by atoms with Crippen molar-refractivity contribution in [3.05, 3.63) is 79.0 Å². The van der Waals surface area contributed by atoms with Crippen LogP contribution in [0.15, 0.2) is 73.4 Å². The lowest BCUT2D eigenvalue weighted by molar-refractivity contribution is 0.252. The van der Waals surface area contributed by atoms with E-state index in [1.54, 1.807) is 11.1 Å². The number of imidazole rings is 1. The molecule has 4 heterocycles. The van der Waals surface area contributed by atoms with E-state index in [0.29, 0.717) is 18.9 Å². The standard InChI is InChI=1S/C25H21N7O2/c1-16-12-17(2-5-22(16)34-19-6-9-31-10-7-26-23(31)14-19)30-24-20-13-18(32-11-8-27-25(32)33)3-4-21(20)28-15-29-24/h2-7,9-10,12-15H,8,11H2,1H3,(H,27,33)(H,28,29,30). The Morgan fingerprint density at radius 2 is 1.97 bits per heavy atom. The van der Waals surface area contributed by atoms with Gasteiger partial charge in [-0.15, -0.1) is 0 Å². The molecule has 34 heavy (non-hydrogen) atoms. The van der Waals surface area contributed by atoms with Crippen molar-refractivity contribution in [3.8, 4) is 11.5 Å². The van der Waals surface area contributed by atoms with Crippen LogP contribution in [0.2, 0.25) is 0 Å². The lowest BCUT2D eigenvalue weighted by Crippen LogP contribution is -2.27. The molecule has 1 aliphatic rings. The number of benzene rings is 2. The number of carbonyl (C=O) groups excluding carboxylic acids is 1. The van der Waals surface area contributed by atoms with Gasteiger partial charge in [0.15, 0.2) is 0 Å². The summed E-state index contributed by atoms with van der Waals surface area (Å²) in [6, 6.07) is 15.3. The van der Waals surface area contributed by atoms with Gasteiger partial charge < -0.3 is 19.8 Å². The monoisotopic (exact) mass is 451 g/mol. The van der Waals surface area contributed by atoms with E-state index in [9.17, 15) is 4.79 Å². The zero-order valence-electron chi connectivity index (χ0n) is 18.4. The van der Waals surface area contributed by atoms with Crippen LogP contribution in [0.1, 0.15) is 5.56 Å². The number of nitrogens with one attached hydrogen (secondary N) is 2. The molecule has 1 saturated heterocycles. The Bertz CT molecular complexity index is 1550. The number of carbonyl (C=O) groups is 1. The number of nitrogens with zero attached hydrogens (tertiary/aromatic N) is 5. The third kappa shape index (κ3) is 3.62. The largest absolute Gasteiger partial charge is 0.457 e. The fourth-order valence-electron chi connectivity index (χ4n) is 4.09. The number of hydrogen-bond donors (Lipinski definition) is 2. The summed E-state index contributed by atoms with van der Waals surface area (Å²) in [7, 11) is 0. The molecule has 5 aromatic rings. The summed E-state index contributed by atoms with van der Waals surface area (Å²) < 4.78 is 8.03. The maximum Gasteiger partial charge on any atom is 0.321 e. The molecule has 9 heteroatoms. The van der Waals surface area contributed by atoms with Crippen LogP contribution in [0, 0.1) is 6.92 Å². The van der Waals surface area contributed by atoms with Crippen molar-refractivity contribution in [3.63, 3.8) is 0 Å². The Hall–Kier alpha value is -4.66. The molecule has 0 unspecified atom stereocenters. The molecule has 0 bridgehead atoms. The quantitative estimate of drug-likeness (QED) is 0.404. The first-order valence-corrected chi connectivity index (χ1v) is 10.9. The second-order valence-corrected chi connectivity index (χ2v) is 8.07. The minimum atomic E-state index is -0.0937. The van der Waals surface area contributed by atoms with Crippen molar-refractivity contribution in [2.24, 2.45) is 0 Å². The van der Waals surface area contributed by atoms with Gasteiger partial charge in [0.2, 0.25) is 0 Å². The lowest BCUT2D eigenvalue weighted by atomic mass is 10.1. The zero-order valence-corrected chi connectivity index (χ0v) is 18.4. The van der Waals surface area contributed by atoms with Gasteiger partial charge in [0.05, 0.1) is 5.52 Å². The number of fused-ring (bicyclic) bond motifs is 2. The number of aryl methyl sites for hydroxylation is 1. The van der Waals surface area contributed by atoms with Crippen molar-refractivity contribution in [2.75, 3.05) is 23.3 Å². The first-order chi connectivity index (χ1) is 16.6. The fourth-order valence-corrected chi connectivity index (χ4v) is 4.09. The number of amides is 2. The van der Waals surface area contributed by atoms with Gasteiger partial charge in [0.1, 0.15) is 29.3 Å². The molecule has 2 aromatic carbocycles. The lowest BCUT2D eigenvalue weighted by Gasteiger charge is -2.16. The van der Waals surface area contributed by atoms with Crippen LogP contribution >= 0.6 is 0 Å². The third-order valence-corrected chi connectivity index (χ3v) is 5.82. The summed E-state index contributed by atoms with van der Waals surface area (Å²) in [4.78, 5) is 26.9. The van der Waals surface area contributed by atoms with E-state index in [-0.39, 0.29) is 6.03 Å². The molecule has 0 spiro atoms. The van der Waals surface area contributed by atoms with Gasteiger partial charge in [0, 0.05) is 54.5 Å². The second-order valence-electron chi connectivity index (χ2n) is 8.07. The van der Waals surface area contributed by atoms with Crippen LogP contribution in [0.25, 0.3) is 16.6 Å². The highest BCUT2D eigenvalue weighted by Gasteiger charge is 2.21. The van der Waals surface area contributed by atoms with Crippen LogP contribution < -0.4 is 20.3 Å². The van der Waals surface area contributed by atoms with E-state index >= 15 is 0 Å². The molecule has 3 aromatic heterocycles. The van der Waals surface area contributed by atoms with Gasteiger partial charge in [-0.1, -0.05) is 0 Å². The van der Waals surface area contributed by atoms with E-state index in [1.165, 1.54) is 6.33 Å². The molecule has 1 fully saturated rings. The normalized spacial score (nSPS) is 13.4. The van der Waals surface area contributed by atoms with Crippen LogP contribution in [0.5, 0.6) is 11.5 Å². The summed E-state index contributed by atoms with van der Waals surface area (Å²) in [5.41, 5.74) is 4.29. The highest BCUT2D eigenvalue weighted by Crippen LogP contribution is 2.31. The highest BCUT2D eigenvalue weighted by molar-refractivity contribution is 5.99. The van der Waals surface area contributed by atoms with Gasteiger partial charge in [0.25, 0.3) is 0 Å². The number of ether oxygens (including phenoxy) is 1. The van der Waals surface area contributed by atoms with E-state index in [2.05, 4.69) is 25.6 Å². The van der Waals surface area contributed by atoms with Gasteiger partial charge in [-0.2, -0.15) is 0 Å². The average molecular weight is 451 g/mol. The maximum absolute atomic E-state index is 12.1. The molecular weight excluding hydrogens is 430 g/mol. The van der Waals surface area contributed by atoms with E-state index in [0.717, 1.165) is 45.0 Å². The Morgan fingerprint density at radius 3 is 2.82 bits per heavy atom. The first-order valence-electron chi connectivity index (χ1n) is 10.9. The number of rotatable bonds is 5. The van der Waals surface area contributed by atoms with Crippen molar-refractivity contribution in [1.29, 1.82) is 0 Å². The first kappa shape index (κ1) is 20.0. The van der Waals surface area contributed by atoms with Crippen molar-refractivity contribution >= 4 is 39.8 Å². The number of pyridine rings is 1. The highest BCUT2D eigenvalue weighted by atomic mass is 16.5. The summed E-state index contributed by atoms with van der Waals surface area (Å²) in [6.45, 7) is 3.27. The Morgan fingerprint density at radius 1 is 1.03 bits per heavy atom. The molecule has 6 rings (SSSR count). The summed E-state index contributed by atoms with van der Waals surface area (Å²) in [5.74, 6) is 2.16. The van der Waals surface area contributed by atoms with Crippen LogP contribution in [-0.4, -0.2) is 38.5 Å². The second kappa shape index (κ2) is 8.04. The van der Waals surface area contributed by atoms with Crippen LogP contribution in [0.3, 0.4) is 0 Å². The van der Waals surface area contributed by atoms with Crippen molar-refractivity contribution in [1.82, 2.24) is 24.7 Å². The van der Waals surface area contributed by atoms with Crippen molar-refractivity contribution < 1.29 is 9.53 Å². The average Bonchev–Trinajstić information content (AvgIpc) is 3.49. The predicted molar refractivity (Wildman–Crippen MR) is 130 cm³/mol. The zero-order chi connectivity index (χ0) is 23.1. The predicted octanol–water partition coefficient (Wildman–Crippen LogP) is 4.65. The Labute approximate surface area is 195 Å². The number of anilines is 3. The summed E-state index contributed by atoms with van der Waals surface area (Å²) >= 11 is 0. The number of aromatic nitrogens is 4. The topological polar surface area (TPSA) is 96.7 Å². The van der Waals surface area contributed by atoms with Crippen LogP contribution in [-0.2, 0) is 0 Å². The molecule has 2 amide bonds. The molecular formula is C25H21N7O2.